The lowest BCUT2D eigenvalue weighted by atomic mass is 10.1. The van der Waals surface area contributed by atoms with Gasteiger partial charge in [-0.25, -0.2) is 0 Å². The minimum absolute atomic E-state index is 1.11. The molecule has 0 aliphatic heterocycles. The highest BCUT2D eigenvalue weighted by Crippen LogP contribution is 2.15. The van der Waals surface area contributed by atoms with Crippen LogP contribution in [0.15, 0.2) is 29.3 Å². The fraction of sp³-hybridized carbons (Fsp3) is 0.111. The van der Waals surface area contributed by atoms with Crippen LogP contribution in [-0.4, -0.2) is 0 Å². The summed E-state index contributed by atoms with van der Waals surface area (Å²) in [5.74, 6) is 0. The normalized spacial score (nSPS) is 9.40. The monoisotopic (exact) mass is 196 g/mol. The van der Waals surface area contributed by atoms with E-state index >= 15 is 0 Å². The van der Waals surface area contributed by atoms with Gasteiger partial charge in [0.1, 0.15) is 0 Å². The number of hydrogen-bond acceptors (Lipinski definition) is 0. The van der Waals surface area contributed by atoms with Crippen LogP contribution < -0.4 is 0 Å². The summed E-state index contributed by atoms with van der Waals surface area (Å²) in [7, 11) is 0. The quantitative estimate of drug-likeness (QED) is 0.647. The lowest BCUT2D eigenvalue weighted by Crippen LogP contribution is -1.75. The first kappa shape index (κ1) is 7.55. The molecule has 10 heavy (non-hydrogen) atoms. The van der Waals surface area contributed by atoms with Gasteiger partial charge in [0.25, 0.3) is 0 Å². The predicted molar refractivity (Wildman–Crippen MR) is 49.0 cm³/mol. The van der Waals surface area contributed by atoms with Crippen LogP contribution >= 0.6 is 15.9 Å². The molecule has 0 aromatic heterocycles. The summed E-state index contributed by atoms with van der Waals surface area (Å²) in [6, 6.07) is 6.21. The number of halogens is 1. The summed E-state index contributed by atoms with van der Waals surface area (Å²) in [5.41, 5.74) is 2.41. The summed E-state index contributed by atoms with van der Waals surface area (Å²) >= 11 is 3.41. The molecule has 0 unspecified atom stereocenters. The van der Waals surface area contributed by atoms with Crippen LogP contribution in [0.4, 0.5) is 0 Å². The molecule has 52 valence electrons. The van der Waals surface area contributed by atoms with E-state index in [0.717, 1.165) is 10.0 Å². The van der Waals surface area contributed by atoms with Gasteiger partial charge in [-0.15, -0.1) is 0 Å². The summed E-state index contributed by atoms with van der Waals surface area (Å²) in [6.45, 7) is 5.76. The molecule has 0 radical (unpaired) electrons. The Balaban J connectivity index is 3.18. The van der Waals surface area contributed by atoms with Gasteiger partial charge in [0.15, 0.2) is 0 Å². The van der Waals surface area contributed by atoms with Crippen molar-refractivity contribution in [3.63, 3.8) is 0 Å². The van der Waals surface area contributed by atoms with Crippen molar-refractivity contribution in [2.45, 2.75) is 6.92 Å². The number of benzene rings is 1. The first-order valence-electron chi connectivity index (χ1n) is 3.12. The fourth-order valence-electron chi connectivity index (χ4n) is 0.882. The van der Waals surface area contributed by atoms with Gasteiger partial charge in [-0.2, -0.15) is 0 Å². The summed E-state index contributed by atoms with van der Waals surface area (Å²) in [6.07, 6.45) is 1.84. The Morgan fingerprint density at radius 1 is 1.40 bits per heavy atom. The molecule has 0 heterocycles. The van der Waals surface area contributed by atoms with Crippen LogP contribution in [0.25, 0.3) is 6.08 Å². The molecule has 1 rings (SSSR count). The highest BCUT2D eigenvalue weighted by atomic mass is 79.9. The van der Waals surface area contributed by atoms with Crippen molar-refractivity contribution < 1.29 is 0 Å². The van der Waals surface area contributed by atoms with E-state index in [1.54, 1.807) is 0 Å². The average molecular weight is 197 g/mol. The zero-order chi connectivity index (χ0) is 7.56. The molecular formula is C9H9Br. The number of hydrogen-bond donors (Lipinski definition) is 0. The van der Waals surface area contributed by atoms with Gasteiger partial charge in [0.05, 0.1) is 0 Å². The summed E-state index contributed by atoms with van der Waals surface area (Å²) in [5, 5.41) is 0. The summed E-state index contributed by atoms with van der Waals surface area (Å²) in [4.78, 5) is 0. The molecule has 0 spiro atoms. The van der Waals surface area contributed by atoms with E-state index in [-0.39, 0.29) is 0 Å². The van der Waals surface area contributed by atoms with E-state index < -0.39 is 0 Å². The molecule has 1 aromatic carbocycles. The van der Waals surface area contributed by atoms with Crippen LogP contribution in [0, 0.1) is 6.92 Å². The largest absolute Gasteiger partial charge is 0.0985 e. The third kappa shape index (κ3) is 1.71. The van der Waals surface area contributed by atoms with Gasteiger partial charge in [0, 0.05) is 4.47 Å². The molecule has 0 aliphatic carbocycles. The van der Waals surface area contributed by atoms with E-state index in [1.807, 2.05) is 12.1 Å². The number of rotatable bonds is 1. The van der Waals surface area contributed by atoms with Crippen LogP contribution in [0.3, 0.4) is 0 Å². The second-order valence-corrected chi connectivity index (χ2v) is 3.18. The Hall–Kier alpha value is -0.560. The van der Waals surface area contributed by atoms with E-state index in [2.05, 4.69) is 41.6 Å². The standard InChI is InChI=1S/C9H9Br/c1-3-8-4-7(2)5-9(10)6-8/h3-6H,1H2,2H3. The molecule has 0 saturated heterocycles. The van der Waals surface area contributed by atoms with Crippen molar-refractivity contribution >= 4 is 22.0 Å². The van der Waals surface area contributed by atoms with Gasteiger partial charge in [-0.05, 0) is 30.2 Å². The molecule has 0 N–H and O–H groups in total. The third-order valence-corrected chi connectivity index (χ3v) is 1.76. The van der Waals surface area contributed by atoms with E-state index in [1.165, 1.54) is 5.56 Å². The SMILES string of the molecule is C=Cc1cc(C)cc(Br)c1. The lowest BCUT2D eigenvalue weighted by Gasteiger charge is -1.96. The van der Waals surface area contributed by atoms with E-state index in [4.69, 9.17) is 0 Å². The molecule has 0 saturated carbocycles. The van der Waals surface area contributed by atoms with Crippen molar-refractivity contribution in [1.82, 2.24) is 0 Å². The van der Waals surface area contributed by atoms with Crippen LogP contribution in [0.1, 0.15) is 11.1 Å². The van der Waals surface area contributed by atoms with Gasteiger partial charge >= 0.3 is 0 Å². The highest BCUT2D eigenvalue weighted by Gasteiger charge is 1.90. The Bertz CT molecular complexity index is 231. The Morgan fingerprint density at radius 2 is 2.10 bits per heavy atom. The average Bonchev–Trinajstić information content (AvgIpc) is 1.85. The van der Waals surface area contributed by atoms with E-state index in [0.29, 0.717) is 0 Å². The first-order valence-corrected chi connectivity index (χ1v) is 3.91. The van der Waals surface area contributed by atoms with E-state index in [9.17, 15) is 0 Å². The highest BCUT2D eigenvalue weighted by molar-refractivity contribution is 9.10. The minimum Gasteiger partial charge on any atom is -0.0985 e. The molecule has 1 aromatic rings. The van der Waals surface area contributed by atoms with Crippen molar-refractivity contribution in [2.24, 2.45) is 0 Å². The molecule has 0 bridgehead atoms. The van der Waals surface area contributed by atoms with Gasteiger partial charge in [0.2, 0.25) is 0 Å². The molecule has 0 atom stereocenters. The third-order valence-electron chi connectivity index (χ3n) is 1.30. The van der Waals surface area contributed by atoms with Crippen molar-refractivity contribution in [1.29, 1.82) is 0 Å². The molecule has 0 fully saturated rings. The first-order chi connectivity index (χ1) is 4.72. The minimum atomic E-state index is 1.11. The molecule has 1 heteroatoms. The van der Waals surface area contributed by atoms with Crippen LogP contribution in [0.2, 0.25) is 0 Å². The Labute approximate surface area is 69.7 Å². The van der Waals surface area contributed by atoms with Crippen molar-refractivity contribution in [3.05, 3.63) is 40.4 Å². The lowest BCUT2D eigenvalue weighted by molar-refractivity contribution is 1.44. The summed E-state index contributed by atoms with van der Waals surface area (Å²) < 4.78 is 1.11. The maximum Gasteiger partial charge on any atom is 0.0183 e. The van der Waals surface area contributed by atoms with Gasteiger partial charge < -0.3 is 0 Å². The molecular weight excluding hydrogens is 188 g/mol. The number of aryl methyl sites for hydroxylation is 1. The van der Waals surface area contributed by atoms with Crippen LogP contribution in [-0.2, 0) is 0 Å². The topological polar surface area (TPSA) is 0 Å². The fourth-order valence-corrected chi connectivity index (χ4v) is 1.51. The van der Waals surface area contributed by atoms with Gasteiger partial charge in [-0.1, -0.05) is 34.7 Å². The van der Waals surface area contributed by atoms with Crippen molar-refractivity contribution in [3.8, 4) is 0 Å². The molecule has 0 aliphatic rings. The maximum absolute atomic E-state index is 3.69. The Morgan fingerprint density at radius 3 is 2.60 bits per heavy atom. The van der Waals surface area contributed by atoms with Crippen molar-refractivity contribution in [2.75, 3.05) is 0 Å². The van der Waals surface area contributed by atoms with Crippen LogP contribution in [0.5, 0.6) is 0 Å². The smallest absolute Gasteiger partial charge is 0.0183 e. The second kappa shape index (κ2) is 3.02. The zero-order valence-electron chi connectivity index (χ0n) is 5.89. The molecule has 0 nitrogen and oxygen atoms in total. The predicted octanol–water partition coefficient (Wildman–Crippen LogP) is 3.40. The second-order valence-electron chi connectivity index (χ2n) is 2.27. The Kier molecular flexibility index (Phi) is 2.28. The maximum atomic E-state index is 3.69. The molecule has 0 amide bonds. The zero-order valence-corrected chi connectivity index (χ0v) is 7.48. The van der Waals surface area contributed by atoms with Gasteiger partial charge in [-0.3, -0.25) is 0 Å².